The molecule has 0 aromatic heterocycles. The predicted molar refractivity (Wildman–Crippen MR) is 64.3 cm³/mol. The second-order valence-electron chi connectivity index (χ2n) is 2.19. The summed E-state index contributed by atoms with van der Waals surface area (Å²) < 4.78 is 0. The molecule has 0 aliphatic heterocycles. The van der Waals surface area contributed by atoms with Crippen LogP contribution in [-0.2, 0) is 17.1 Å². The van der Waals surface area contributed by atoms with E-state index in [0.717, 1.165) is 0 Å². The predicted octanol–water partition coefficient (Wildman–Crippen LogP) is 3.17. The van der Waals surface area contributed by atoms with Crippen molar-refractivity contribution in [1.29, 1.82) is 0 Å². The minimum absolute atomic E-state index is 0. The average Bonchev–Trinajstić information content (AvgIpc) is 2.85. The first kappa shape index (κ1) is 16.2. The van der Waals surface area contributed by atoms with E-state index in [4.69, 9.17) is 11.1 Å². The van der Waals surface area contributed by atoms with E-state index in [1.807, 2.05) is 67.2 Å². The maximum absolute atomic E-state index is 5.14. The molecule has 2 rings (SSSR count). The Morgan fingerprint density at radius 1 is 0.929 bits per heavy atom. The summed E-state index contributed by atoms with van der Waals surface area (Å²) in [5.74, 6) is 0. The zero-order valence-corrected chi connectivity index (χ0v) is 11.5. The summed E-state index contributed by atoms with van der Waals surface area (Å²) in [5, 5.41) is 0. The van der Waals surface area contributed by atoms with Crippen LogP contribution in [0, 0.1) is 0 Å². The second kappa shape index (κ2) is 15.2. The van der Waals surface area contributed by atoms with Gasteiger partial charge in [-0.3, -0.25) is 0 Å². The third kappa shape index (κ3) is 14.3. The molecule has 0 aliphatic rings. The van der Waals surface area contributed by atoms with Crippen molar-refractivity contribution in [3.8, 4) is 0 Å². The molecule has 0 unspecified atom stereocenters. The van der Waals surface area contributed by atoms with Crippen molar-refractivity contribution in [2.75, 3.05) is 0 Å². The molecule has 2 aromatic rings. The Hall–Kier alpha value is -0.274. The van der Waals surface area contributed by atoms with Gasteiger partial charge in [0, 0.05) is 17.1 Å². The second-order valence-corrected chi connectivity index (χ2v) is 4.33. The van der Waals surface area contributed by atoms with Crippen LogP contribution in [0.1, 0.15) is 0 Å². The zero-order chi connectivity index (χ0) is 9.78. The van der Waals surface area contributed by atoms with Crippen molar-refractivity contribution in [3.63, 3.8) is 0 Å². The Labute approximate surface area is 104 Å². The van der Waals surface area contributed by atoms with Gasteiger partial charge >= 0.3 is 0 Å². The van der Waals surface area contributed by atoms with Crippen molar-refractivity contribution in [1.82, 2.24) is 0 Å². The summed E-state index contributed by atoms with van der Waals surface area (Å²) in [6.07, 6.45) is 0. The van der Waals surface area contributed by atoms with Crippen molar-refractivity contribution in [3.05, 3.63) is 60.7 Å². The molecule has 0 nitrogen and oxygen atoms in total. The molecule has 0 heterocycles. The van der Waals surface area contributed by atoms with E-state index in [-0.39, 0.29) is 25.9 Å². The van der Waals surface area contributed by atoms with Crippen LogP contribution < -0.4 is 0 Å². The smallest absolute Gasteiger partial charge is 0.122 e. The van der Waals surface area contributed by atoms with Crippen LogP contribution in [-0.4, -0.2) is 8.83 Å². The fourth-order valence-corrected chi connectivity index (χ4v) is 0.642. The van der Waals surface area contributed by atoms with Crippen LogP contribution in [0.2, 0.25) is 6.55 Å². The summed E-state index contributed by atoms with van der Waals surface area (Å²) in [7, 11) is -0.111. The van der Waals surface area contributed by atoms with E-state index < -0.39 is 0 Å². The molecule has 84 valence electrons. The molecule has 0 fully saturated rings. The van der Waals surface area contributed by atoms with Gasteiger partial charge in [0.1, 0.15) is 8.83 Å². The van der Waals surface area contributed by atoms with Gasteiger partial charge in [-0.05, 0) is 0 Å². The van der Waals surface area contributed by atoms with Crippen LogP contribution >= 0.6 is 11.1 Å². The van der Waals surface area contributed by atoms with Crippen LogP contribution in [0.25, 0.3) is 0 Å². The van der Waals surface area contributed by atoms with Crippen molar-refractivity contribution in [2.24, 2.45) is 0 Å². The van der Waals surface area contributed by atoms with Crippen molar-refractivity contribution >= 4 is 19.9 Å². The minimum atomic E-state index is -0.111. The maximum Gasteiger partial charge on any atom is 0.122 e. The Bertz CT molecular complexity index is 167. The zero-order valence-electron chi connectivity index (χ0n) is 8.21. The Kier molecular flexibility index (Phi) is 17.6. The van der Waals surface area contributed by atoms with E-state index >= 15 is 0 Å². The summed E-state index contributed by atoms with van der Waals surface area (Å²) in [6.45, 7) is 2.03. The molecular formula is C11H15ClFeSi-6. The van der Waals surface area contributed by atoms with Gasteiger partial charge in [0.2, 0.25) is 0 Å². The Morgan fingerprint density at radius 2 is 1.21 bits per heavy atom. The van der Waals surface area contributed by atoms with Crippen LogP contribution in [0.3, 0.4) is 0 Å². The van der Waals surface area contributed by atoms with Crippen molar-refractivity contribution in [2.45, 2.75) is 6.55 Å². The molecule has 0 radical (unpaired) electrons. The van der Waals surface area contributed by atoms with Crippen LogP contribution in [0.4, 0.5) is 0 Å². The molecule has 14 heavy (non-hydrogen) atoms. The van der Waals surface area contributed by atoms with E-state index in [2.05, 4.69) is 0 Å². The van der Waals surface area contributed by atoms with Gasteiger partial charge in [0.05, 0.1) is 0 Å². The van der Waals surface area contributed by atoms with Gasteiger partial charge in [-0.25, -0.2) is 12.1 Å². The van der Waals surface area contributed by atoms with Crippen molar-refractivity contribution < 1.29 is 17.1 Å². The number of hydrogen-bond donors (Lipinski definition) is 0. The molecule has 0 spiro atoms. The molecule has 0 N–H and O–H groups in total. The van der Waals surface area contributed by atoms with Gasteiger partial charge < -0.3 is 30.3 Å². The number of hydrogen-bond acceptors (Lipinski definition) is 0. The molecule has 0 atom stereocenters. The first-order valence-electron chi connectivity index (χ1n) is 4.31. The first-order chi connectivity index (χ1) is 6.41. The van der Waals surface area contributed by atoms with E-state index in [0.29, 0.717) is 0 Å². The van der Waals surface area contributed by atoms with E-state index in [9.17, 15) is 0 Å². The van der Waals surface area contributed by atoms with Gasteiger partial charge in [0.25, 0.3) is 0 Å². The Morgan fingerprint density at radius 3 is 1.36 bits per heavy atom. The summed E-state index contributed by atoms with van der Waals surface area (Å²) in [5.41, 5.74) is 0. The van der Waals surface area contributed by atoms with E-state index in [1.54, 1.807) is 0 Å². The SMILES string of the molecule is C[SiH2]Cl.[Fe].[cH-]1[cH-][cH-][cH-][cH-]1.c1cc[cH-]c1. The molecule has 3 heteroatoms. The molecule has 0 saturated heterocycles. The third-order valence-electron chi connectivity index (χ3n) is 1.11. The first-order valence-corrected chi connectivity index (χ1v) is 7.86. The van der Waals surface area contributed by atoms with Gasteiger partial charge in [0.15, 0.2) is 0 Å². The largest absolute Gasteiger partial charge is 0.748 e. The van der Waals surface area contributed by atoms with Gasteiger partial charge in [-0.2, -0.15) is 29.3 Å². The topological polar surface area (TPSA) is 0 Å². The van der Waals surface area contributed by atoms with E-state index in [1.165, 1.54) is 0 Å². The molecule has 0 bridgehead atoms. The standard InChI is InChI=1S/2C5H5.CH5ClSi.Fe/c2*1-2-4-5-3-1;1-3-2;/h2*1-5H;3H2,1H3;/q-5;-1;;. The normalized spacial score (nSPS) is 7.86. The quantitative estimate of drug-likeness (QED) is 0.390. The monoisotopic (exact) mass is 266 g/mol. The van der Waals surface area contributed by atoms with Crippen LogP contribution in [0.15, 0.2) is 60.7 Å². The number of rotatable bonds is 0. The summed E-state index contributed by atoms with van der Waals surface area (Å²) >= 11 is 5.14. The Balaban J connectivity index is 0. The third-order valence-corrected chi connectivity index (χ3v) is 1.11. The fraction of sp³-hybridized carbons (Fsp3) is 0.0909. The minimum Gasteiger partial charge on any atom is -0.748 e. The molecule has 0 saturated carbocycles. The molecular weight excluding hydrogens is 252 g/mol. The summed E-state index contributed by atoms with van der Waals surface area (Å²) in [4.78, 5) is 0. The molecule has 0 aliphatic carbocycles. The summed E-state index contributed by atoms with van der Waals surface area (Å²) in [6, 6.07) is 20.0. The fourth-order valence-electron chi connectivity index (χ4n) is 0.642. The maximum atomic E-state index is 5.14. The van der Waals surface area contributed by atoms with Gasteiger partial charge in [-0.15, -0.1) is 0 Å². The molecule has 2 aromatic carbocycles. The van der Waals surface area contributed by atoms with Gasteiger partial charge in [-0.1, -0.05) is 6.55 Å². The average molecular weight is 267 g/mol. The van der Waals surface area contributed by atoms with Crippen LogP contribution in [0.5, 0.6) is 0 Å². The molecule has 0 amide bonds. The number of halogens is 1.